The molecule has 4 heteroatoms. The molecule has 0 bridgehead atoms. The summed E-state index contributed by atoms with van der Waals surface area (Å²) < 4.78 is 9.01. The minimum absolute atomic E-state index is 0.682. The van der Waals surface area contributed by atoms with Crippen LogP contribution in [0, 0.1) is 0 Å². The van der Waals surface area contributed by atoms with E-state index in [4.69, 9.17) is 14.4 Å². The van der Waals surface area contributed by atoms with E-state index >= 15 is 0 Å². The highest BCUT2D eigenvalue weighted by molar-refractivity contribution is 6.19. The molecular formula is C48H29N3O. The van der Waals surface area contributed by atoms with Gasteiger partial charge in [0.2, 0.25) is 0 Å². The molecule has 0 amide bonds. The third-order valence-corrected chi connectivity index (χ3v) is 10.4. The molecule has 0 N–H and O–H groups in total. The summed E-state index contributed by atoms with van der Waals surface area (Å²) in [5.74, 6) is 0.682. The van der Waals surface area contributed by atoms with Crippen molar-refractivity contribution < 1.29 is 4.42 Å². The maximum absolute atomic E-state index is 6.60. The van der Waals surface area contributed by atoms with Gasteiger partial charge in [-0.05, 0) is 59.0 Å². The zero-order valence-electron chi connectivity index (χ0n) is 28.0. The summed E-state index contributed by atoms with van der Waals surface area (Å²) in [4.78, 5) is 10.3. The van der Waals surface area contributed by atoms with E-state index < -0.39 is 0 Å². The fraction of sp³-hybridized carbons (Fsp3) is 0. The number of furan rings is 1. The highest BCUT2D eigenvalue weighted by Crippen LogP contribution is 2.41. The van der Waals surface area contributed by atoms with Crippen LogP contribution in [-0.4, -0.2) is 14.5 Å². The van der Waals surface area contributed by atoms with Crippen molar-refractivity contribution >= 4 is 65.4 Å². The smallest absolute Gasteiger partial charge is 0.161 e. The van der Waals surface area contributed by atoms with Crippen molar-refractivity contribution in [2.75, 3.05) is 0 Å². The van der Waals surface area contributed by atoms with Crippen molar-refractivity contribution in [3.8, 4) is 39.5 Å². The average Bonchev–Trinajstić information content (AvgIpc) is 3.76. The lowest BCUT2D eigenvalue weighted by Crippen LogP contribution is -1.95. The van der Waals surface area contributed by atoms with E-state index in [1.807, 2.05) is 30.3 Å². The van der Waals surface area contributed by atoms with Crippen LogP contribution >= 0.6 is 0 Å². The lowest BCUT2D eigenvalue weighted by Gasteiger charge is -2.10. The first-order valence-electron chi connectivity index (χ1n) is 17.6. The predicted molar refractivity (Wildman–Crippen MR) is 215 cm³/mol. The van der Waals surface area contributed by atoms with E-state index in [0.717, 1.165) is 66.5 Å². The lowest BCUT2D eigenvalue weighted by molar-refractivity contribution is 0.669. The first-order chi connectivity index (χ1) is 25.8. The zero-order chi connectivity index (χ0) is 34.2. The molecule has 0 aliphatic heterocycles. The SMILES string of the molecule is c1ccc(-c2nc(-c3cccc4oc5cc(-c6ccc7c8ccc9ccccc9c8n(-c8ccccc8)c7c6)ccc5c34)nc3ccccc23)cc1. The fourth-order valence-electron chi connectivity index (χ4n) is 8.01. The summed E-state index contributed by atoms with van der Waals surface area (Å²) in [5.41, 5.74) is 11.3. The second-order valence-corrected chi connectivity index (χ2v) is 13.4. The van der Waals surface area contributed by atoms with Crippen LogP contribution in [-0.2, 0) is 0 Å². The minimum atomic E-state index is 0.682. The fourth-order valence-corrected chi connectivity index (χ4v) is 8.01. The Labute approximate surface area is 298 Å². The van der Waals surface area contributed by atoms with Crippen molar-refractivity contribution in [3.05, 3.63) is 176 Å². The van der Waals surface area contributed by atoms with E-state index in [1.54, 1.807) is 0 Å². The highest BCUT2D eigenvalue weighted by atomic mass is 16.3. The average molecular weight is 664 g/mol. The maximum atomic E-state index is 6.60. The molecule has 0 unspecified atom stereocenters. The molecule has 52 heavy (non-hydrogen) atoms. The van der Waals surface area contributed by atoms with Crippen molar-refractivity contribution in [1.29, 1.82) is 0 Å². The van der Waals surface area contributed by atoms with Crippen LogP contribution < -0.4 is 0 Å². The van der Waals surface area contributed by atoms with Gasteiger partial charge in [-0.15, -0.1) is 0 Å². The summed E-state index contributed by atoms with van der Waals surface area (Å²) >= 11 is 0. The van der Waals surface area contributed by atoms with Crippen LogP contribution in [0.25, 0.3) is 105 Å². The third kappa shape index (κ3) is 4.34. The molecule has 3 aromatic heterocycles. The Bertz CT molecular complexity index is 3180. The number of hydrogen-bond acceptors (Lipinski definition) is 3. The van der Waals surface area contributed by atoms with Gasteiger partial charge in [-0.2, -0.15) is 0 Å². The first-order valence-corrected chi connectivity index (χ1v) is 17.6. The number of benzene rings is 8. The van der Waals surface area contributed by atoms with Gasteiger partial charge in [0, 0.05) is 49.1 Å². The summed E-state index contributed by atoms with van der Waals surface area (Å²) in [6, 6.07) is 61.9. The third-order valence-electron chi connectivity index (χ3n) is 10.4. The maximum Gasteiger partial charge on any atom is 0.161 e. The first kappa shape index (κ1) is 28.8. The Balaban J connectivity index is 1.10. The topological polar surface area (TPSA) is 43.9 Å². The molecule has 0 fully saturated rings. The molecule has 4 nitrogen and oxygen atoms in total. The minimum Gasteiger partial charge on any atom is -0.456 e. The van der Waals surface area contributed by atoms with Gasteiger partial charge in [-0.3, -0.25) is 0 Å². The molecule has 0 saturated carbocycles. The Hall–Kier alpha value is -7.04. The summed E-state index contributed by atoms with van der Waals surface area (Å²) in [6.45, 7) is 0. The van der Waals surface area contributed by atoms with E-state index in [0.29, 0.717) is 5.82 Å². The normalized spacial score (nSPS) is 11.8. The van der Waals surface area contributed by atoms with Crippen LogP contribution in [0.2, 0.25) is 0 Å². The van der Waals surface area contributed by atoms with Crippen molar-refractivity contribution in [1.82, 2.24) is 14.5 Å². The van der Waals surface area contributed by atoms with E-state index in [9.17, 15) is 0 Å². The largest absolute Gasteiger partial charge is 0.456 e. The van der Waals surface area contributed by atoms with E-state index in [-0.39, 0.29) is 0 Å². The highest BCUT2D eigenvalue weighted by Gasteiger charge is 2.19. The molecule has 0 saturated heterocycles. The van der Waals surface area contributed by atoms with Crippen LogP contribution in [0.3, 0.4) is 0 Å². The Morgan fingerprint density at radius 2 is 1.15 bits per heavy atom. The standard InChI is InChI=1S/C48H29N3O/c1-3-13-31(14-4-1)46-38-18-9-10-20-41(38)49-48(50-46)40-19-11-21-43-45(40)39-27-24-33(29-44(39)52-43)32-23-25-36-37-26-22-30-12-7-8-17-35(30)47(37)51(42(36)28-32)34-15-5-2-6-16-34/h1-29H. The molecule has 0 aliphatic carbocycles. The monoisotopic (exact) mass is 663 g/mol. The second-order valence-electron chi connectivity index (χ2n) is 13.4. The molecule has 0 radical (unpaired) electrons. The molecule has 0 atom stereocenters. The van der Waals surface area contributed by atoms with Gasteiger partial charge in [-0.25, -0.2) is 9.97 Å². The van der Waals surface area contributed by atoms with Crippen molar-refractivity contribution in [2.24, 2.45) is 0 Å². The molecule has 0 aliphatic rings. The van der Waals surface area contributed by atoms with Gasteiger partial charge in [0.05, 0.1) is 22.2 Å². The molecular weight excluding hydrogens is 635 g/mol. The summed E-state index contributed by atoms with van der Waals surface area (Å²) in [7, 11) is 0. The molecule has 11 rings (SSSR count). The van der Waals surface area contributed by atoms with Gasteiger partial charge in [0.1, 0.15) is 11.2 Å². The van der Waals surface area contributed by atoms with Crippen LogP contribution in [0.5, 0.6) is 0 Å². The number of nitrogens with zero attached hydrogens (tertiary/aromatic N) is 3. The van der Waals surface area contributed by atoms with Crippen LogP contribution in [0.1, 0.15) is 0 Å². The van der Waals surface area contributed by atoms with Crippen LogP contribution in [0.4, 0.5) is 0 Å². The van der Waals surface area contributed by atoms with Gasteiger partial charge < -0.3 is 8.98 Å². The number of rotatable bonds is 4. The van der Waals surface area contributed by atoms with Gasteiger partial charge in [0.15, 0.2) is 5.82 Å². The zero-order valence-corrected chi connectivity index (χ0v) is 28.0. The second kappa shape index (κ2) is 11.2. The quantitative estimate of drug-likeness (QED) is 0.188. The Morgan fingerprint density at radius 3 is 2.02 bits per heavy atom. The van der Waals surface area contributed by atoms with Gasteiger partial charge in [-0.1, -0.05) is 133 Å². The van der Waals surface area contributed by atoms with Gasteiger partial charge in [0.25, 0.3) is 0 Å². The van der Waals surface area contributed by atoms with E-state index in [1.165, 1.54) is 32.6 Å². The van der Waals surface area contributed by atoms with Gasteiger partial charge >= 0.3 is 0 Å². The molecule has 3 heterocycles. The number of para-hydroxylation sites is 2. The molecule has 8 aromatic carbocycles. The number of fused-ring (bicyclic) bond motifs is 9. The Morgan fingerprint density at radius 1 is 0.442 bits per heavy atom. The summed E-state index contributed by atoms with van der Waals surface area (Å²) in [6.07, 6.45) is 0. The van der Waals surface area contributed by atoms with Crippen molar-refractivity contribution in [3.63, 3.8) is 0 Å². The number of aromatic nitrogens is 3. The van der Waals surface area contributed by atoms with Crippen LogP contribution in [0.15, 0.2) is 180 Å². The van der Waals surface area contributed by atoms with Crippen molar-refractivity contribution in [2.45, 2.75) is 0 Å². The molecule has 0 spiro atoms. The summed E-state index contributed by atoms with van der Waals surface area (Å²) in [5, 5.41) is 8.04. The number of hydrogen-bond donors (Lipinski definition) is 0. The van der Waals surface area contributed by atoms with E-state index in [2.05, 4.69) is 150 Å². The molecule has 11 aromatic rings. The molecule has 242 valence electrons. The predicted octanol–water partition coefficient (Wildman–Crippen LogP) is 12.8. The Kier molecular flexibility index (Phi) is 6.22. The lowest BCUT2D eigenvalue weighted by atomic mass is 10.00.